The Morgan fingerprint density at radius 3 is 2.18 bits per heavy atom. The molecule has 22 heavy (non-hydrogen) atoms. The van der Waals surface area contributed by atoms with Crippen LogP contribution in [0.4, 0.5) is 5.69 Å². The molecular weight excluding hydrogens is 270 g/mol. The van der Waals surface area contributed by atoms with Gasteiger partial charge in [0, 0.05) is 45.0 Å². The van der Waals surface area contributed by atoms with E-state index in [1.54, 1.807) is 0 Å². The number of piperidine rings is 1. The molecule has 0 saturated carbocycles. The summed E-state index contributed by atoms with van der Waals surface area (Å²) in [6.07, 6.45) is 4.12. The normalized spacial score (nSPS) is 22.2. The van der Waals surface area contributed by atoms with Crippen LogP contribution in [0, 0.1) is 12.8 Å². The van der Waals surface area contributed by atoms with E-state index in [1.807, 2.05) is 0 Å². The molecule has 0 unspecified atom stereocenters. The van der Waals surface area contributed by atoms with Crippen LogP contribution in [0.25, 0.3) is 0 Å². The Hall–Kier alpha value is -1.06. The van der Waals surface area contributed by atoms with Crippen LogP contribution in [-0.4, -0.2) is 62.7 Å². The number of benzene rings is 1. The molecule has 1 aromatic carbocycles. The van der Waals surface area contributed by atoms with Crippen molar-refractivity contribution < 1.29 is 0 Å². The molecule has 0 atom stereocenters. The summed E-state index contributed by atoms with van der Waals surface area (Å²) >= 11 is 0. The third-order valence-electron chi connectivity index (χ3n) is 5.46. The minimum atomic E-state index is 0.932. The lowest BCUT2D eigenvalue weighted by atomic mass is 9.93. The van der Waals surface area contributed by atoms with E-state index < -0.39 is 0 Å². The summed E-state index contributed by atoms with van der Waals surface area (Å²) in [5.74, 6) is 0.932. The fourth-order valence-corrected chi connectivity index (χ4v) is 3.67. The van der Waals surface area contributed by atoms with Crippen LogP contribution in [-0.2, 0) is 0 Å². The van der Waals surface area contributed by atoms with Gasteiger partial charge in [-0.15, -0.1) is 0 Å². The SMILES string of the molecule is Cc1ccc(N2CCC(CCN3CCN(C)CC3)CC2)cc1. The number of rotatable bonds is 4. The fraction of sp³-hybridized carbons (Fsp3) is 0.684. The molecule has 0 bridgehead atoms. The van der Waals surface area contributed by atoms with Crippen LogP contribution in [0.3, 0.4) is 0 Å². The summed E-state index contributed by atoms with van der Waals surface area (Å²) in [5.41, 5.74) is 2.76. The molecule has 122 valence electrons. The van der Waals surface area contributed by atoms with Crippen molar-refractivity contribution in [1.82, 2.24) is 9.80 Å². The van der Waals surface area contributed by atoms with Crippen LogP contribution in [0.5, 0.6) is 0 Å². The standard InChI is InChI=1S/C19H31N3/c1-17-3-5-19(6-4-17)22-11-8-18(9-12-22)7-10-21-15-13-20(2)14-16-21/h3-6,18H,7-16H2,1-2H3. The van der Waals surface area contributed by atoms with Gasteiger partial charge in [0.25, 0.3) is 0 Å². The van der Waals surface area contributed by atoms with Gasteiger partial charge in [0.15, 0.2) is 0 Å². The third-order valence-corrected chi connectivity index (χ3v) is 5.46. The predicted molar refractivity (Wildman–Crippen MR) is 94.7 cm³/mol. The smallest absolute Gasteiger partial charge is 0.0366 e. The van der Waals surface area contributed by atoms with E-state index >= 15 is 0 Å². The van der Waals surface area contributed by atoms with E-state index in [4.69, 9.17) is 0 Å². The first-order valence-electron chi connectivity index (χ1n) is 8.93. The number of hydrogen-bond donors (Lipinski definition) is 0. The van der Waals surface area contributed by atoms with Crippen molar-refractivity contribution in [3.63, 3.8) is 0 Å². The molecule has 0 aliphatic carbocycles. The summed E-state index contributed by atoms with van der Waals surface area (Å²) in [5, 5.41) is 0. The number of hydrogen-bond acceptors (Lipinski definition) is 3. The Bertz CT molecular complexity index is 440. The minimum absolute atomic E-state index is 0.932. The zero-order valence-electron chi connectivity index (χ0n) is 14.3. The topological polar surface area (TPSA) is 9.72 Å². The maximum absolute atomic E-state index is 2.66. The van der Waals surface area contributed by atoms with Crippen molar-refractivity contribution in [2.45, 2.75) is 26.2 Å². The highest BCUT2D eigenvalue weighted by atomic mass is 15.2. The van der Waals surface area contributed by atoms with Crippen LogP contribution < -0.4 is 4.90 Å². The molecule has 2 heterocycles. The van der Waals surface area contributed by atoms with Gasteiger partial charge in [-0.05, 0) is 57.8 Å². The molecule has 2 aliphatic heterocycles. The lowest BCUT2D eigenvalue weighted by molar-refractivity contribution is 0.144. The summed E-state index contributed by atoms with van der Waals surface area (Å²) < 4.78 is 0. The second kappa shape index (κ2) is 7.47. The highest BCUT2D eigenvalue weighted by Gasteiger charge is 2.21. The Balaban J connectivity index is 1.39. The lowest BCUT2D eigenvalue weighted by Gasteiger charge is -2.36. The molecule has 0 radical (unpaired) electrons. The number of likely N-dealkylation sites (N-methyl/N-ethyl adjacent to an activating group) is 1. The van der Waals surface area contributed by atoms with Gasteiger partial charge in [0.05, 0.1) is 0 Å². The molecule has 0 aromatic heterocycles. The van der Waals surface area contributed by atoms with Crippen molar-refractivity contribution in [3.8, 4) is 0 Å². The van der Waals surface area contributed by atoms with Gasteiger partial charge in [0.1, 0.15) is 0 Å². The van der Waals surface area contributed by atoms with Crippen molar-refractivity contribution in [2.75, 3.05) is 57.8 Å². The van der Waals surface area contributed by atoms with Gasteiger partial charge < -0.3 is 14.7 Å². The Morgan fingerprint density at radius 2 is 1.55 bits per heavy atom. The number of aryl methyl sites for hydroxylation is 1. The highest BCUT2D eigenvalue weighted by molar-refractivity contribution is 5.47. The van der Waals surface area contributed by atoms with Gasteiger partial charge in [-0.1, -0.05) is 17.7 Å². The number of anilines is 1. The Morgan fingerprint density at radius 1 is 0.909 bits per heavy atom. The first-order chi connectivity index (χ1) is 10.7. The molecule has 0 spiro atoms. The second-order valence-electron chi connectivity index (χ2n) is 7.20. The first-order valence-corrected chi connectivity index (χ1v) is 8.93. The fourth-order valence-electron chi connectivity index (χ4n) is 3.67. The molecule has 2 aliphatic rings. The molecule has 2 saturated heterocycles. The average Bonchev–Trinajstić information content (AvgIpc) is 2.56. The second-order valence-corrected chi connectivity index (χ2v) is 7.20. The van der Waals surface area contributed by atoms with E-state index in [0.29, 0.717) is 0 Å². The monoisotopic (exact) mass is 301 g/mol. The molecule has 2 fully saturated rings. The van der Waals surface area contributed by atoms with E-state index in [-0.39, 0.29) is 0 Å². The van der Waals surface area contributed by atoms with Gasteiger partial charge in [0.2, 0.25) is 0 Å². The van der Waals surface area contributed by atoms with E-state index in [9.17, 15) is 0 Å². The summed E-state index contributed by atoms with van der Waals surface area (Å²) in [7, 11) is 2.23. The van der Waals surface area contributed by atoms with Crippen LogP contribution in [0.2, 0.25) is 0 Å². The quantitative estimate of drug-likeness (QED) is 0.847. The number of nitrogens with zero attached hydrogens (tertiary/aromatic N) is 3. The van der Waals surface area contributed by atoms with Crippen LogP contribution in [0.15, 0.2) is 24.3 Å². The van der Waals surface area contributed by atoms with E-state index in [2.05, 4.69) is 52.9 Å². The molecular formula is C19H31N3. The highest BCUT2D eigenvalue weighted by Crippen LogP contribution is 2.25. The largest absolute Gasteiger partial charge is 0.372 e. The van der Waals surface area contributed by atoms with E-state index in [1.165, 1.54) is 76.3 Å². The molecule has 1 aromatic rings. The van der Waals surface area contributed by atoms with Gasteiger partial charge in [-0.2, -0.15) is 0 Å². The molecule has 3 rings (SSSR count). The maximum Gasteiger partial charge on any atom is 0.0366 e. The Kier molecular flexibility index (Phi) is 5.37. The van der Waals surface area contributed by atoms with Crippen molar-refractivity contribution >= 4 is 5.69 Å². The van der Waals surface area contributed by atoms with Crippen molar-refractivity contribution in [1.29, 1.82) is 0 Å². The molecule has 3 nitrogen and oxygen atoms in total. The van der Waals surface area contributed by atoms with Crippen LogP contribution >= 0.6 is 0 Å². The summed E-state index contributed by atoms with van der Waals surface area (Å²) in [6, 6.07) is 9.02. The minimum Gasteiger partial charge on any atom is -0.372 e. The van der Waals surface area contributed by atoms with Crippen molar-refractivity contribution in [3.05, 3.63) is 29.8 Å². The Labute approximate surface area is 135 Å². The van der Waals surface area contributed by atoms with Gasteiger partial charge in [-0.25, -0.2) is 0 Å². The van der Waals surface area contributed by atoms with Gasteiger partial charge in [-0.3, -0.25) is 0 Å². The predicted octanol–water partition coefficient (Wildman–Crippen LogP) is 2.85. The summed E-state index contributed by atoms with van der Waals surface area (Å²) in [4.78, 5) is 7.66. The first kappa shape index (κ1) is 15.8. The van der Waals surface area contributed by atoms with Crippen molar-refractivity contribution in [2.24, 2.45) is 5.92 Å². The molecule has 3 heteroatoms. The zero-order valence-corrected chi connectivity index (χ0v) is 14.3. The number of piperazine rings is 1. The third kappa shape index (κ3) is 4.23. The summed E-state index contributed by atoms with van der Waals surface area (Å²) in [6.45, 7) is 10.9. The zero-order chi connectivity index (χ0) is 15.4. The van der Waals surface area contributed by atoms with Gasteiger partial charge >= 0.3 is 0 Å². The van der Waals surface area contributed by atoms with Crippen LogP contribution in [0.1, 0.15) is 24.8 Å². The average molecular weight is 301 g/mol. The van der Waals surface area contributed by atoms with E-state index in [0.717, 1.165) is 5.92 Å². The maximum atomic E-state index is 2.66. The lowest BCUT2D eigenvalue weighted by Crippen LogP contribution is -2.45. The molecule has 0 amide bonds. The molecule has 0 N–H and O–H groups in total.